The lowest BCUT2D eigenvalue weighted by molar-refractivity contribution is -0.150. The molecule has 1 aliphatic rings. The van der Waals surface area contributed by atoms with Crippen LogP contribution in [0.1, 0.15) is 6.42 Å². The number of carboxylic acids is 1. The molecule has 0 saturated heterocycles. The van der Waals surface area contributed by atoms with E-state index in [4.69, 9.17) is 26.0 Å². The summed E-state index contributed by atoms with van der Waals surface area (Å²) in [5, 5.41) is 38.2. The minimum atomic E-state index is -2.41. The van der Waals surface area contributed by atoms with Gasteiger partial charge in [0, 0.05) is 6.20 Å². The van der Waals surface area contributed by atoms with E-state index in [1.807, 2.05) is 0 Å². The third-order valence-corrected chi connectivity index (χ3v) is 3.58. The minimum absolute atomic E-state index is 0.143. The Kier molecular flexibility index (Phi) is 5.34. The highest BCUT2D eigenvalue weighted by molar-refractivity contribution is 5.81. The minimum Gasteiger partial charge on any atom is -0.506 e. The Bertz CT molecular complexity index is 904. The van der Waals surface area contributed by atoms with Gasteiger partial charge in [-0.15, -0.1) is 0 Å². The number of hydrogen-bond donors (Lipinski definition) is 5. The number of nitrogen functional groups attached to an aromatic ring is 1. The van der Waals surface area contributed by atoms with Crippen molar-refractivity contribution in [3.05, 3.63) is 34.3 Å². The monoisotopic (exact) mass is 381 g/mol. The van der Waals surface area contributed by atoms with Gasteiger partial charge in [0.1, 0.15) is 17.9 Å². The van der Waals surface area contributed by atoms with Gasteiger partial charge in [0.15, 0.2) is 24.2 Å². The molecule has 0 spiro atoms. The summed E-state index contributed by atoms with van der Waals surface area (Å²) >= 11 is 0. The zero-order valence-corrected chi connectivity index (χ0v) is 13.6. The van der Waals surface area contributed by atoms with Crippen molar-refractivity contribution in [2.75, 3.05) is 12.3 Å². The molecule has 1 aromatic rings. The maximum absolute atomic E-state index is 12.0. The van der Waals surface area contributed by atoms with Gasteiger partial charge in [-0.05, 0) is 6.07 Å². The van der Waals surface area contributed by atoms with Crippen molar-refractivity contribution >= 4 is 17.8 Å². The lowest BCUT2D eigenvalue weighted by Crippen LogP contribution is -2.48. The number of nitrogens with two attached hydrogens (primary N) is 2. The van der Waals surface area contributed by atoms with E-state index in [0.717, 1.165) is 12.3 Å². The molecule has 13 nitrogen and oxygen atoms in total. The fourth-order valence-electron chi connectivity index (χ4n) is 2.24. The summed E-state index contributed by atoms with van der Waals surface area (Å²) in [7, 11) is 0. The zero-order chi connectivity index (χ0) is 20.4. The van der Waals surface area contributed by atoms with E-state index in [-0.39, 0.29) is 5.82 Å². The van der Waals surface area contributed by atoms with Crippen LogP contribution in [-0.2, 0) is 24.8 Å². The van der Waals surface area contributed by atoms with Crippen LogP contribution in [0.4, 0.5) is 5.82 Å². The van der Waals surface area contributed by atoms with Crippen molar-refractivity contribution < 1.29 is 34.4 Å². The zero-order valence-electron chi connectivity index (χ0n) is 13.6. The molecule has 0 fully saturated rings. The number of ether oxygens (including phenoxy) is 2. The normalized spacial score (nSPS) is 22.6. The molecule has 0 saturated carbocycles. The standard InChI is InChI=1S/C14H15N5O8/c15-5-14(19-2-1-8(17)18-13(19)25)11(23)10(22)7(27-14)4-26-12(24)6(16)3-9(20)21/h1-2,6,11,22-23H,3-4,16H2,(H,20,21)(H2,17,18,25)/t6-,11?,14-/m1/s1. The Morgan fingerprint density at radius 2 is 2.22 bits per heavy atom. The lowest BCUT2D eigenvalue weighted by atomic mass is 10.1. The molecule has 7 N–H and O–H groups in total. The first-order valence-corrected chi connectivity index (χ1v) is 7.32. The largest absolute Gasteiger partial charge is 0.506 e. The third-order valence-electron chi connectivity index (χ3n) is 3.58. The Balaban J connectivity index is 2.22. The van der Waals surface area contributed by atoms with E-state index >= 15 is 0 Å². The first-order chi connectivity index (χ1) is 12.6. The van der Waals surface area contributed by atoms with Crippen LogP contribution in [0.2, 0.25) is 0 Å². The molecule has 27 heavy (non-hydrogen) atoms. The third kappa shape index (κ3) is 3.66. The summed E-state index contributed by atoms with van der Waals surface area (Å²) < 4.78 is 10.5. The average molecular weight is 381 g/mol. The molecule has 13 heteroatoms. The molecule has 1 aliphatic heterocycles. The van der Waals surface area contributed by atoms with Crippen molar-refractivity contribution in [2.45, 2.75) is 24.3 Å². The maximum atomic E-state index is 12.0. The highest BCUT2D eigenvalue weighted by Gasteiger charge is 2.53. The fourth-order valence-corrected chi connectivity index (χ4v) is 2.24. The molecule has 1 unspecified atom stereocenters. The van der Waals surface area contributed by atoms with Crippen LogP contribution >= 0.6 is 0 Å². The van der Waals surface area contributed by atoms with Gasteiger partial charge in [0.25, 0.3) is 0 Å². The summed E-state index contributed by atoms with van der Waals surface area (Å²) in [6.07, 6.45) is -1.67. The van der Waals surface area contributed by atoms with Crippen molar-refractivity contribution in [3.63, 3.8) is 0 Å². The number of aromatic nitrogens is 2. The number of carbonyl (C=O) groups excluding carboxylic acids is 1. The summed E-state index contributed by atoms with van der Waals surface area (Å²) in [6, 6.07) is 1.26. The van der Waals surface area contributed by atoms with Gasteiger partial charge < -0.3 is 36.3 Å². The van der Waals surface area contributed by atoms with Gasteiger partial charge >= 0.3 is 23.4 Å². The Morgan fingerprint density at radius 3 is 2.78 bits per heavy atom. The number of anilines is 1. The molecule has 0 bridgehead atoms. The first kappa shape index (κ1) is 19.7. The Morgan fingerprint density at radius 1 is 1.56 bits per heavy atom. The van der Waals surface area contributed by atoms with Gasteiger partial charge in [-0.3, -0.25) is 9.59 Å². The van der Waals surface area contributed by atoms with Crippen LogP contribution < -0.4 is 17.2 Å². The second-order valence-corrected chi connectivity index (χ2v) is 5.44. The van der Waals surface area contributed by atoms with Gasteiger partial charge in [0.05, 0.1) is 6.42 Å². The van der Waals surface area contributed by atoms with Crippen LogP contribution in [0, 0.1) is 11.3 Å². The molecular formula is C14H15N5O8. The number of aliphatic carboxylic acids is 1. The number of aliphatic hydroxyl groups is 2. The van der Waals surface area contributed by atoms with E-state index in [2.05, 4.69) is 4.98 Å². The Labute approximate surface area is 150 Å². The van der Waals surface area contributed by atoms with E-state index in [1.165, 1.54) is 0 Å². The topological polar surface area (TPSA) is 224 Å². The second-order valence-electron chi connectivity index (χ2n) is 5.44. The molecular weight excluding hydrogens is 366 g/mol. The number of rotatable bonds is 6. The van der Waals surface area contributed by atoms with Crippen molar-refractivity contribution in [1.82, 2.24) is 9.55 Å². The molecule has 0 aliphatic carbocycles. The van der Waals surface area contributed by atoms with Crippen molar-refractivity contribution in [2.24, 2.45) is 5.73 Å². The van der Waals surface area contributed by atoms with Crippen molar-refractivity contribution in [3.8, 4) is 6.07 Å². The second kappa shape index (κ2) is 7.32. The summed E-state index contributed by atoms with van der Waals surface area (Å²) in [5.41, 5.74) is 7.24. The van der Waals surface area contributed by atoms with E-state index in [9.17, 15) is 29.9 Å². The summed E-state index contributed by atoms with van der Waals surface area (Å²) in [5.74, 6) is -3.97. The summed E-state index contributed by atoms with van der Waals surface area (Å²) in [4.78, 5) is 37.6. The predicted octanol–water partition coefficient (Wildman–Crippen LogP) is -2.49. The molecule has 0 radical (unpaired) electrons. The molecule has 0 aromatic carbocycles. The molecule has 2 heterocycles. The van der Waals surface area contributed by atoms with E-state index < -0.39 is 60.0 Å². The van der Waals surface area contributed by atoms with E-state index in [1.54, 1.807) is 6.07 Å². The maximum Gasteiger partial charge on any atom is 0.353 e. The Hall–Kier alpha value is -3.63. The van der Waals surface area contributed by atoms with Crippen LogP contribution in [-0.4, -0.2) is 55.6 Å². The first-order valence-electron chi connectivity index (χ1n) is 7.32. The predicted molar refractivity (Wildman–Crippen MR) is 84.4 cm³/mol. The van der Waals surface area contributed by atoms with Crippen LogP contribution in [0.25, 0.3) is 0 Å². The SMILES string of the molecule is N#C[C@@]1(n2ccc(N)nc2=O)OC(COC(=O)[C@H](N)CC(=O)O)=C(O)C1O. The van der Waals surface area contributed by atoms with Gasteiger partial charge in [-0.25, -0.2) is 9.36 Å². The fraction of sp³-hybridized carbons (Fsp3) is 0.357. The van der Waals surface area contributed by atoms with Crippen molar-refractivity contribution in [1.29, 1.82) is 5.26 Å². The molecule has 0 amide bonds. The van der Waals surface area contributed by atoms with Gasteiger partial charge in [-0.2, -0.15) is 10.2 Å². The molecule has 2 rings (SSSR count). The van der Waals surface area contributed by atoms with E-state index in [0.29, 0.717) is 4.57 Å². The van der Waals surface area contributed by atoms with Crippen LogP contribution in [0.15, 0.2) is 28.6 Å². The number of nitriles is 1. The summed E-state index contributed by atoms with van der Waals surface area (Å²) in [6.45, 7) is -0.768. The number of hydrogen-bond acceptors (Lipinski definition) is 11. The molecule has 1 aromatic heterocycles. The smallest absolute Gasteiger partial charge is 0.353 e. The lowest BCUT2D eigenvalue weighted by Gasteiger charge is -2.26. The number of aliphatic hydroxyl groups excluding tert-OH is 2. The number of esters is 1. The molecule has 144 valence electrons. The quantitative estimate of drug-likeness (QED) is 0.323. The van der Waals surface area contributed by atoms with Gasteiger partial charge in [-0.1, -0.05) is 0 Å². The number of carboxylic acid groups (broad SMARTS) is 1. The number of nitrogens with zero attached hydrogens (tertiary/aromatic N) is 3. The average Bonchev–Trinajstić information content (AvgIpc) is 2.84. The van der Waals surface area contributed by atoms with Crippen LogP contribution in [0.5, 0.6) is 0 Å². The number of carbonyl (C=O) groups is 2. The molecule has 3 atom stereocenters. The van der Waals surface area contributed by atoms with Gasteiger partial charge in [0.2, 0.25) is 0 Å². The highest BCUT2D eigenvalue weighted by Crippen LogP contribution is 2.36. The van der Waals surface area contributed by atoms with Crippen LogP contribution in [0.3, 0.4) is 0 Å². The highest BCUT2D eigenvalue weighted by atomic mass is 16.6.